The molecule has 2 heterocycles. The summed E-state index contributed by atoms with van der Waals surface area (Å²) in [5.74, 6) is 0.625. The first-order valence-electron chi connectivity index (χ1n) is 11.5. The molecule has 160 valence electrons. The van der Waals surface area contributed by atoms with Crippen LogP contribution in [0.4, 0.5) is 0 Å². The van der Waals surface area contributed by atoms with Crippen LogP contribution in [0.15, 0.2) is 60.7 Å². The standard InChI is InChI=1S/C27H35N2.BrH/c1-3-4-17-29(2)25-15-16-26(29)19-22(18-25)20-27(21-28,23-11-7-5-8-12-23)24-13-9-6-10-14-24;/h5-14,22,25-26H,3-4,15-20H2,1-2H3;1H/q+1;/p-1/t22?,25-,26+,29?;. The third-order valence-corrected chi connectivity index (χ3v) is 8.02. The smallest absolute Gasteiger partial charge is 0.107 e. The Morgan fingerprint density at radius 3 is 1.87 bits per heavy atom. The van der Waals surface area contributed by atoms with Gasteiger partial charge in [-0.2, -0.15) is 5.26 Å². The van der Waals surface area contributed by atoms with Crippen molar-refractivity contribution >= 4 is 0 Å². The second kappa shape index (κ2) is 9.67. The summed E-state index contributed by atoms with van der Waals surface area (Å²) >= 11 is 0. The minimum atomic E-state index is -0.545. The van der Waals surface area contributed by atoms with Crippen LogP contribution in [0.2, 0.25) is 0 Å². The number of piperidine rings is 1. The van der Waals surface area contributed by atoms with Gasteiger partial charge in [0, 0.05) is 25.7 Å². The number of nitrogens with zero attached hydrogens (tertiary/aromatic N) is 2. The number of unbranched alkanes of at least 4 members (excludes halogenated alkanes) is 1. The summed E-state index contributed by atoms with van der Waals surface area (Å²) in [6.07, 6.45) is 8.87. The summed E-state index contributed by atoms with van der Waals surface area (Å²) in [5.41, 5.74) is 1.75. The maximum Gasteiger partial charge on any atom is 0.107 e. The highest BCUT2D eigenvalue weighted by atomic mass is 79.9. The van der Waals surface area contributed by atoms with E-state index < -0.39 is 5.41 Å². The van der Waals surface area contributed by atoms with Gasteiger partial charge in [0.15, 0.2) is 0 Å². The fraction of sp³-hybridized carbons (Fsp3) is 0.519. The summed E-state index contributed by atoms with van der Waals surface area (Å²) in [6, 6.07) is 25.4. The van der Waals surface area contributed by atoms with Gasteiger partial charge in [0.1, 0.15) is 5.41 Å². The van der Waals surface area contributed by atoms with E-state index >= 15 is 0 Å². The monoisotopic (exact) mass is 466 g/mol. The van der Waals surface area contributed by atoms with Crippen LogP contribution < -0.4 is 17.0 Å². The number of hydrogen-bond donors (Lipinski definition) is 0. The van der Waals surface area contributed by atoms with Crippen LogP contribution >= 0.6 is 0 Å². The summed E-state index contributed by atoms with van der Waals surface area (Å²) < 4.78 is 1.29. The molecule has 2 aromatic carbocycles. The van der Waals surface area contributed by atoms with Crippen molar-refractivity contribution in [2.24, 2.45) is 5.92 Å². The van der Waals surface area contributed by atoms with Gasteiger partial charge in [0.05, 0.1) is 31.7 Å². The number of quaternary nitrogens is 1. The summed E-state index contributed by atoms with van der Waals surface area (Å²) in [4.78, 5) is 0. The Bertz CT molecular complexity index is 789. The Morgan fingerprint density at radius 1 is 0.933 bits per heavy atom. The lowest BCUT2D eigenvalue weighted by atomic mass is 9.67. The van der Waals surface area contributed by atoms with E-state index in [1.807, 2.05) is 12.1 Å². The van der Waals surface area contributed by atoms with Gasteiger partial charge >= 0.3 is 0 Å². The lowest BCUT2D eigenvalue weighted by Crippen LogP contribution is -3.00. The van der Waals surface area contributed by atoms with Crippen molar-refractivity contribution in [2.75, 3.05) is 13.6 Å². The largest absolute Gasteiger partial charge is 1.00 e. The van der Waals surface area contributed by atoms with E-state index in [0.29, 0.717) is 5.92 Å². The van der Waals surface area contributed by atoms with Crippen LogP contribution in [0.1, 0.15) is 63.0 Å². The van der Waals surface area contributed by atoms with Crippen LogP contribution in [-0.4, -0.2) is 30.2 Å². The molecule has 0 radical (unpaired) electrons. The zero-order valence-corrected chi connectivity index (χ0v) is 20.0. The molecule has 0 amide bonds. The quantitative estimate of drug-likeness (QED) is 0.575. The molecule has 30 heavy (non-hydrogen) atoms. The molecule has 4 rings (SSSR count). The number of benzene rings is 2. The molecule has 0 aromatic heterocycles. The Morgan fingerprint density at radius 2 is 1.43 bits per heavy atom. The zero-order chi connectivity index (χ0) is 20.3. The van der Waals surface area contributed by atoms with Gasteiger partial charge in [-0.15, -0.1) is 0 Å². The summed E-state index contributed by atoms with van der Waals surface area (Å²) in [7, 11) is 2.51. The van der Waals surface area contributed by atoms with Crippen LogP contribution in [0, 0.1) is 17.2 Å². The molecule has 0 spiro atoms. The maximum atomic E-state index is 10.5. The molecule has 2 bridgehead atoms. The second-order valence-corrected chi connectivity index (χ2v) is 9.60. The van der Waals surface area contributed by atoms with Crippen molar-refractivity contribution in [3.8, 4) is 6.07 Å². The van der Waals surface area contributed by atoms with E-state index in [-0.39, 0.29) is 17.0 Å². The minimum Gasteiger partial charge on any atom is -1.00 e. The Hall–Kier alpha value is -1.63. The van der Waals surface area contributed by atoms with Gasteiger partial charge in [-0.05, 0) is 29.9 Å². The van der Waals surface area contributed by atoms with Gasteiger partial charge in [-0.25, -0.2) is 0 Å². The molecule has 3 heteroatoms. The predicted molar refractivity (Wildman–Crippen MR) is 119 cm³/mol. The topological polar surface area (TPSA) is 23.8 Å². The minimum absolute atomic E-state index is 0. The highest BCUT2D eigenvalue weighted by Crippen LogP contribution is 2.48. The fourth-order valence-corrected chi connectivity index (χ4v) is 6.34. The predicted octanol–water partition coefficient (Wildman–Crippen LogP) is 3.08. The van der Waals surface area contributed by atoms with Gasteiger partial charge in [0.25, 0.3) is 0 Å². The molecular weight excluding hydrogens is 432 g/mol. The average Bonchev–Trinajstić information content (AvgIpc) is 2.94. The number of rotatable bonds is 7. The van der Waals surface area contributed by atoms with Crippen molar-refractivity contribution in [2.45, 2.75) is 69.4 Å². The molecule has 4 atom stereocenters. The van der Waals surface area contributed by atoms with Crippen LogP contribution in [0.3, 0.4) is 0 Å². The van der Waals surface area contributed by atoms with Gasteiger partial charge < -0.3 is 21.5 Å². The maximum absolute atomic E-state index is 10.5. The van der Waals surface area contributed by atoms with E-state index in [1.165, 1.54) is 49.6 Å². The third kappa shape index (κ3) is 4.10. The first kappa shape index (κ1) is 23.0. The molecule has 2 aliphatic rings. The number of hydrogen-bond acceptors (Lipinski definition) is 1. The molecule has 2 unspecified atom stereocenters. The summed E-state index contributed by atoms with van der Waals surface area (Å²) in [6.45, 7) is 3.64. The fourth-order valence-electron chi connectivity index (χ4n) is 6.34. The Kier molecular flexibility index (Phi) is 7.43. The lowest BCUT2D eigenvalue weighted by molar-refractivity contribution is -0.949. The normalized spacial score (nSPS) is 27.8. The van der Waals surface area contributed by atoms with Gasteiger partial charge in [-0.1, -0.05) is 74.0 Å². The van der Waals surface area contributed by atoms with Crippen LogP contribution in [0.5, 0.6) is 0 Å². The van der Waals surface area contributed by atoms with E-state index in [0.717, 1.165) is 29.6 Å². The Balaban J connectivity index is 0.00000256. The Labute approximate surface area is 193 Å². The van der Waals surface area contributed by atoms with Crippen molar-refractivity contribution < 1.29 is 21.5 Å². The molecule has 2 aromatic rings. The SMILES string of the molecule is CCCC[N+]1(C)[C@@H]2CC[C@H]1CC(CC(C#N)(c1ccccc1)c1ccccc1)C2.[Br-]. The summed E-state index contributed by atoms with van der Waals surface area (Å²) in [5, 5.41) is 10.5. The highest BCUT2D eigenvalue weighted by Gasteiger charge is 2.52. The number of fused-ring (bicyclic) bond motifs is 2. The molecule has 2 nitrogen and oxygen atoms in total. The first-order valence-corrected chi connectivity index (χ1v) is 11.5. The van der Waals surface area contributed by atoms with Crippen molar-refractivity contribution in [1.29, 1.82) is 5.26 Å². The molecule has 0 saturated carbocycles. The second-order valence-electron chi connectivity index (χ2n) is 9.60. The highest BCUT2D eigenvalue weighted by molar-refractivity contribution is 5.45. The van der Waals surface area contributed by atoms with Crippen molar-refractivity contribution in [3.63, 3.8) is 0 Å². The van der Waals surface area contributed by atoms with E-state index in [9.17, 15) is 5.26 Å². The first-order chi connectivity index (χ1) is 14.1. The van der Waals surface area contributed by atoms with Gasteiger partial charge in [0.2, 0.25) is 0 Å². The number of halogens is 1. The van der Waals surface area contributed by atoms with Crippen molar-refractivity contribution in [3.05, 3.63) is 71.8 Å². The molecular formula is C27H35BrN2. The molecule has 2 aliphatic heterocycles. The lowest BCUT2D eigenvalue weighted by Gasteiger charge is -2.48. The number of nitriles is 1. The van der Waals surface area contributed by atoms with Gasteiger partial charge in [-0.3, -0.25) is 0 Å². The molecule has 0 N–H and O–H groups in total. The van der Waals surface area contributed by atoms with Crippen molar-refractivity contribution in [1.82, 2.24) is 0 Å². The zero-order valence-electron chi connectivity index (χ0n) is 18.4. The van der Waals surface area contributed by atoms with E-state index in [4.69, 9.17) is 0 Å². The van der Waals surface area contributed by atoms with Crippen LogP contribution in [-0.2, 0) is 5.41 Å². The van der Waals surface area contributed by atoms with Crippen LogP contribution in [0.25, 0.3) is 0 Å². The van der Waals surface area contributed by atoms with E-state index in [1.54, 1.807) is 0 Å². The van der Waals surface area contributed by atoms with E-state index in [2.05, 4.69) is 68.6 Å². The molecule has 0 aliphatic carbocycles. The molecule has 2 saturated heterocycles. The molecule has 2 fully saturated rings. The average molecular weight is 467 g/mol. The third-order valence-electron chi connectivity index (χ3n) is 8.02.